The average molecular weight is 156 g/mol. The molecule has 0 aliphatic heterocycles. The largest absolute Gasteiger partial charge is 0.394 e. The van der Waals surface area contributed by atoms with E-state index >= 15 is 0 Å². The highest BCUT2D eigenvalue weighted by atomic mass is 16.3. The summed E-state index contributed by atoms with van der Waals surface area (Å²) in [6.45, 7) is -1.48. The molecule has 60 valence electrons. The molecule has 3 N–H and O–H groups in total. The summed E-state index contributed by atoms with van der Waals surface area (Å²) < 4.78 is 0. The van der Waals surface area contributed by atoms with Crippen LogP contribution >= 0.6 is 0 Å². The van der Waals surface area contributed by atoms with Crippen LogP contribution in [0.15, 0.2) is 0 Å². The van der Waals surface area contributed by atoms with Crippen molar-refractivity contribution in [2.45, 2.75) is 6.10 Å². The van der Waals surface area contributed by atoms with Crippen molar-refractivity contribution in [3.63, 3.8) is 0 Å². The van der Waals surface area contributed by atoms with Gasteiger partial charge in [0.2, 0.25) is 0 Å². The zero-order valence-corrected chi connectivity index (χ0v) is 5.73. The molecular formula is C6H8N2O3. The Labute approximate surface area is 63.7 Å². The van der Waals surface area contributed by atoms with Gasteiger partial charge in [0, 0.05) is 0 Å². The Bertz CT molecular complexity index is 199. The quantitative estimate of drug-likeness (QED) is 0.425. The van der Waals surface area contributed by atoms with Gasteiger partial charge in [-0.15, -0.1) is 0 Å². The van der Waals surface area contributed by atoms with Crippen LogP contribution in [0.1, 0.15) is 0 Å². The zero-order valence-electron chi connectivity index (χ0n) is 5.73. The van der Waals surface area contributed by atoms with Crippen LogP contribution in [0.3, 0.4) is 0 Å². The maximum Gasteiger partial charge on any atom is 0.163 e. The van der Waals surface area contributed by atoms with Crippen molar-refractivity contribution in [1.29, 1.82) is 10.5 Å². The molecule has 0 saturated heterocycles. The van der Waals surface area contributed by atoms with E-state index in [2.05, 4.69) is 0 Å². The lowest BCUT2D eigenvalue weighted by atomic mass is 9.86. The van der Waals surface area contributed by atoms with E-state index in [1.54, 1.807) is 0 Å². The molecule has 0 rings (SSSR count). The highest BCUT2D eigenvalue weighted by Gasteiger charge is 2.37. The average Bonchev–Trinajstić information content (AvgIpc) is 2.08. The van der Waals surface area contributed by atoms with Gasteiger partial charge in [-0.05, 0) is 0 Å². The van der Waals surface area contributed by atoms with Gasteiger partial charge in [-0.1, -0.05) is 0 Å². The minimum Gasteiger partial charge on any atom is -0.394 e. The van der Waals surface area contributed by atoms with Crippen molar-refractivity contribution in [3.05, 3.63) is 0 Å². The van der Waals surface area contributed by atoms with E-state index in [4.69, 9.17) is 25.8 Å². The second kappa shape index (κ2) is 3.89. The van der Waals surface area contributed by atoms with E-state index in [1.165, 1.54) is 12.1 Å². The molecule has 0 spiro atoms. The van der Waals surface area contributed by atoms with Gasteiger partial charge in [0.1, 0.15) is 5.41 Å². The first-order valence-electron chi connectivity index (χ1n) is 2.87. The lowest BCUT2D eigenvalue weighted by Crippen LogP contribution is -2.39. The van der Waals surface area contributed by atoms with Crippen molar-refractivity contribution in [3.8, 4) is 12.1 Å². The van der Waals surface area contributed by atoms with Crippen LogP contribution in [0, 0.1) is 28.1 Å². The van der Waals surface area contributed by atoms with Crippen molar-refractivity contribution < 1.29 is 15.3 Å². The Morgan fingerprint density at radius 1 is 1.27 bits per heavy atom. The van der Waals surface area contributed by atoms with Crippen LogP contribution in [-0.2, 0) is 0 Å². The first-order valence-corrected chi connectivity index (χ1v) is 2.87. The number of nitrogens with zero attached hydrogens (tertiary/aromatic N) is 2. The second-order valence-corrected chi connectivity index (χ2v) is 2.12. The van der Waals surface area contributed by atoms with Gasteiger partial charge in [0.05, 0.1) is 25.4 Å². The van der Waals surface area contributed by atoms with Crippen molar-refractivity contribution >= 4 is 0 Å². The third kappa shape index (κ3) is 1.66. The molecule has 0 saturated carbocycles. The molecule has 0 aromatic heterocycles. The third-order valence-electron chi connectivity index (χ3n) is 1.43. The molecule has 0 heterocycles. The number of aliphatic hydroxyl groups is 3. The van der Waals surface area contributed by atoms with Crippen LogP contribution in [0.25, 0.3) is 0 Å². The van der Waals surface area contributed by atoms with E-state index in [1.807, 2.05) is 0 Å². The Morgan fingerprint density at radius 3 is 1.82 bits per heavy atom. The predicted octanol–water partition coefficient (Wildman–Crippen LogP) is -1.63. The molecule has 1 atom stereocenters. The van der Waals surface area contributed by atoms with Gasteiger partial charge < -0.3 is 15.3 Å². The summed E-state index contributed by atoms with van der Waals surface area (Å²) >= 11 is 0. The first kappa shape index (κ1) is 9.86. The van der Waals surface area contributed by atoms with E-state index in [0.29, 0.717) is 0 Å². The molecule has 0 aliphatic rings. The summed E-state index contributed by atoms with van der Waals surface area (Å²) in [5.41, 5.74) is -1.76. The van der Waals surface area contributed by atoms with Gasteiger partial charge in [-0.25, -0.2) is 0 Å². The topological polar surface area (TPSA) is 108 Å². The van der Waals surface area contributed by atoms with Crippen molar-refractivity contribution in [2.75, 3.05) is 13.2 Å². The molecule has 0 bridgehead atoms. The number of aliphatic hydroxyl groups excluding tert-OH is 3. The Kier molecular flexibility index (Phi) is 3.49. The molecule has 0 aliphatic carbocycles. The smallest absolute Gasteiger partial charge is 0.163 e. The summed E-state index contributed by atoms with van der Waals surface area (Å²) in [6, 6.07) is 2.86. The summed E-state index contributed by atoms with van der Waals surface area (Å²) in [6.07, 6.45) is -1.66. The molecule has 1 unspecified atom stereocenters. The van der Waals surface area contributed by atoms with Crippen LogP contribution in [0.4, 0.5) is 0 Å². The zero-order chi connectivity index (χ0) is 8.91. The summed E-state index contributed by atoms with van der Waals surface area (Å²) in [4.78, 5) is 0. The normalized spacial score (nSPS) is 13.2. The van der Waals surface area contributed by atoms with Gasteiger partial charge in [-0.3, -0.25) is 0 Å². The fourth-order valence-electron chi connectivity index (χ4n) is 0.478. The number of nitriles is 2. The van der Waals surface area contributed by atoms with Gasteiger partial charge in [0.25, 0.3) is 0 Å². The lowest BCUT2D eigenvalue weighted by Gasteiger charge is -2.21. The Morgan fingerprint density at radius 2 is 1.73 bits per heavy atom. The van der Waals surface area contributed by atoms with E-state index in [9.17, 15) is 0 Å². The Hall–Kier alpha value is -1.14. The minimum atomic E-state index is -1.76. The van der Waals surface area contributed by atoms with Gasteiger partial charge >= 0.3 is 0 Å². The van der Waals surface area contributed by atoms with Crippen molar-refractivity contribution in [1.82, 2.24) is 0 Å². The van der Waals surface area contributed by atoms with E-state index < -0.39 is 24.7 Å². The Balaban J connectivity index is 4.60. The standard InChI is InChI=1S/C6H8N2O3/c7-1-5(11)6(2-8,3-9)4-10/h5,9-11H,3-4H2. The molecule has 0 aromatic rings. The van der Waals surface area contributed by atoms with Crippen molar-refractivity contribution in [2.24, 2.45) is 5.41 Å². The van der Waals surface area contributed by atoms with Crippen LogP contribution < -0.4 is 0 Å². The summed E-state index contributed by atoms with van der Waals surface area (Å²) in [5.74, 6) is 0. The molecular weight excluding hydrogens is 148 g/mol. The van der Waals surface area contributed by atoms with Crippen LogP contribution in [0.2, 0.25) is 0 Å². The predicted molar refractivity (Wildman–Crippen MR) is 33.8 cm³/mol. The van der Waals surface area contributed by atoms with Gasteiger partial charge in [0.15, 0.2) is 6.10 Å². The molecule has 0 radical (unpaired) electrons. The van der Waals surface area contributed by atoms with Crippen LogP contribution in [0.5, 0.6) is 0 Å². The monoisotopic (exact) mass is 156 g/mol. The summed E-state index contributed by atoms with van der Waals surface area (Å²) in [7, 11) is 0. The number of hydrogen-bond acceptors (Lipinski definition) is 5. The fourth-order valence-corrected chi connectivity index (χ4v) is 0.478. The first-order chi connectivity index (χ1) is 5.16. The SMILES string of the molecule is N#CC(O)C(C#N)(CO)CO. The third-order valence-corrected chi connectivity index (χ3v) is 1.43. The number of rotatable bonds is 3. The van der Waals surface area contributed by atoms with Gasteiger partial charge in [-0.2, -0.15) is 10.5 Å². The molecule has 0 amide bonds. The van der Waals surface area contributed by atoms with E-state index in [-0.39, 0.29) is 0 Å². The van der Waals surface area contributed by atoms with E-state index in [0.717, 1.165) is 0 Å². The molecule has 0 fully saturated rings. The minimum absolute atomic E-state index is 0.741. The molecule has 5 heteroatoms. The highest BCUT2D eigenvalue weighted by Crippen LogP contribution is 2.18. The molecule has 5 nitrogen and oxygen atoms in total. The summed E-state index contributed by atoms with van der Waals surface area (Å²) in [5, 5.41) is 42.6. The fraction of sp³-hybridized carbons (Fsp3) is 0.667. The maximum atomic E-state index is 8.86. The van der Waals surface area contributed by atoms with Crippen LogP contribution in [-0.4, -0.2) is 34.6 Å². The lowest BCUT2D eigenvalue weighted by molar-refractivity contribution is 0.0135. The number of hydrogen-bond donors (Lipinski definition) is 3. The second-order valence-electron chi connectivity index (χ2n) is 2.12. The highest BCUT2D eigenvalue weighted by molar-refractivity contribution is 5.10. The molecule has 11 heavy (non-hydrogen) atoms. The molecule has 0 aromatic carbocycles. The maximum absolute atomic E-state index is 8.86.